The van der Waals surface area contributed by atoms with E-state index in [1.807, 2.05) is 6.92 Å². The number of methoxy groups -OCH3 is 1. The minimum absolute atomic E-state index is 0.0821. The Morgan fingerprint density at radius 3 is 2.70 bits per heavy atom. The summed E-state index contributed by atoms with van der Waals surface area (Å²) in [6, 6.07) is 5.36. The molecule has 0 radical (unpaired) electrons. The van der Waals surface area contributed by atoms with E-state index in [0.717, 1.165) is 12.0 Å². The van der Waals surface area contributed by atoms with Gasteiger partial charge in [-0.1, -0.05) is 24.9 Å². The number of nitrogens with zero attached hydrogens (tertiary/aromatic N) is 1. The fourth-order valence-electron chi connectivity index (χ4n) is 2.26. The maximum absolute atomic E-state index is 12.4. The van der Waals surface area contributed by atoms with Crippen molar-refractivity contribution in [3.8, 4) is 5.75 Å². The second-order valence-corrected chi connectivity index (χ2v) is 5.72. The van der Waals surface area contributed by atoms with Gasteiger partial charge < -0.3 is 15.4 Å². The van der Waals surface area contributed by atoms with E-state index in [1.165, 1.54) is 0 Å². The fourth-order valence-corrected chi connectivity index (χ4v) is 2.46. The molecule has 0 heterocycles. The topological polar surface area (TPSA) is 55.6 Å². The Morgan fingerprint density at radius 1 is 1.50 bits per heavy atom. The minimum atomic E-state index is -0.838. The number of hydrogen-bond acceptors (Lipinski definition) is 3. The summed E-state index contributed by atoms with van der Waals surface area (Å²) in [6.07, 6.45) is 1.52. The number of benzene rings is 1. The van der Waals surface area contributed by atoms with E-state index >= 15 is 0 Å². The second kappa shape index (κ2) is 6.95. The molecule has 20 heavy (non-hydrogen) atoms. The van der Waals surface area contributed by atoms with Crippen molar-refractivity contribution in [3.63, 3.8) is 0 Å². The zero-order valence-corrected chi connectivity index (χ0v) is 13.3. The lowest BCUT2D eigenvalue weighted by Crippen LogP contribution is -2.51. The van der Waals surface area contributed by atoms with E-state index in [9.17, 15) is 4.79 Å². The van der Waals surface area contributed by atoms with Crippen LogP contribution in [0.3, 0.4) is 0 Å². The highest BCUT2D eigenvalue weighted by Gasteiger charge is 2.30. The zero-order valence-electron chi connectivity index (χ0n) is 12.6. The lowest BCUT2D eigenvalue weighted by Gasteiger charge is -2.29. The average molecular weight is 299 g/mol. The molecule has 0 aromatic heterocycles. The highest BCUT2D eigenvalue weighted by molar-refractivity contribution is 6.30. The third-order valence-electron chi connectivity index (χ3n) is 3.25. The average Bonchev–Trinajstić information content (AvgIpc) is 2.38. The van der Waals surface area contributed by atoms with Crippen LogP contribution in [-0.4, -0.2) is 30.5 Å². The fraction of sp³-hybridized carbons (Fsp3) is 0.533. The number of amides is 1. The molecule has 5 heteroatoms. The van der Waals surface area contributed by atoms with Gasteiger partial charge in [-0.05, 0) is 31.5 Å². The summed E-state index contributed by atoms with van der Waals surface area (Å²) < 4.78 is 5.29. The molecule has 1 unspecified atom stereocenters. The van der Waals surface area contributed by atoms with Crippen molar-refractivity contribution in [3.05, 3.63) is 28.8 Å². The minimum Gasteiger partial charge on any atom is -0.496 e. The van der Waals surface area contributed by atoms with Crippen molar-refractivity contribution in [2.75, 3.05) is 14.2 Å². The first-order chi connectivity index (χ1) is 9.31. The molecule has 1 rings (SSSR count). The van der Waals surface area contributed by atoms with Crippen LogP contribution in [0.5, 0.6) is 5.75 Å². The molecule has 0 spiro atoms. The first-order valence-corrected chi connectivity index (χ1v) is 7.06. The summed E-state index contributed by atoms with van der Waals surface area (Å²) >= 11 is 5.99. The number of ether oxygens (including phenoxy) is 1. The first-order valence-electron chi connectivity index (χ1n) is 6.68. The lowest BCUT2D eigenvalue weighted by molar-refractivity contribution is -0.135. The van der Waals surface area contributed by atoms with E-state index in [0.29, 0.717) is 23.7 Å². The van der Waals surface area contributed by atoms with Gasteiger partial charge in [0.05, 0.1) is 12.6 Å². The maximum atomic E-state index is 12.4. The van der Waals surface area contributed by atoms with E-state index in [1.54, 1.807) is 44.2 Å². The van der Waals surface area contributed by atoms with Crippen molar-refractivity contribution in [1.82, 2.24) is 4.90 Å². The Kier molecular flexibility index (Phi) is 5.84. The van der Waals surface area contributed by atoms with Crippen molar-refractivity contribution in [2.24, 2.45) is 5.73 Å². The second-order valence-electron chi connectivity index (χ2n) is 5.28. The third-order valence-corrected chi connectivity index (χ3v) is 3.49. The van der Waals surface area contributed by atoms with Gasteiger partial charge in [0.15, 0.2) is 0 Å². The number of hydrogen-bond donors (Lipinski definition) is 1. The predicted molar refractivity (Wildman–Crippen MR) is 82.0 cm³/mol. The van der Waals surface area contributed by atoms with Gasteiger partial charge in [0, 0.05) is 24.2 Å². The normalized spacial score (nSPS) is 13.7. The number of carbonyl (C=O) groups excluding carboxylic acids is 1. The summed E-state index contributed by atoms with van der Waals surface area (Å²) in [5, 5.41) is 0.616. The smallest absolute Gasteiger partial charge is 0.242 e. The summed E-state index contributed by atoms with van der Waals surface area (Å²) in [4.78, 5) is 14.0. The summed E-state index contributed by atoms with van der Waals surface area (Å²) in [6.45, 7) is 4.20. The van der Waals surface area contributed by atoms with Crippen LogP contribution < -0.4 is 10.5 Å². The molecular formula is C15H23ClN2O2. The van der Waals surface area contributed by atoms with E-state index in [-0.39, 0.29) is 5.91 Å². The largest absolute Gasteiger partial charge is 0.496 e. The van der Waals surface area contributed by atoms with Crippen molar-refractivity contribution in [2.45, 2.75) is 38.8 Å². The van der Waals surface area contributed by atoms with Crippen LogP contribution in [-0.2, 0) is 11.3 Å². The van der Waals surface area contributed by atoms with Gasteiger partial charge in [-0.25, -0.2) is 0 Å². The molecule has 1 amide bonds. The molecule has 0 aliphatic heterocycles. The number of likely N-dealkylation sites (N-methyl/N-ethyl adjacent to an activating group) is 1. The summed E-state index contributed by atoms with van der Waals surface area (Å²) in [7, 11) is 3.34. The van der Waals surface area contributed by atoms with Crippen LogP contribution in [0.4, 0.5) is 0 Å². The van der Waals surface area contributed by atoms with E-state index < -0.39 is 5.54 Å². The van der Waals surface area contributed by atoms with Gasteiger partial charge >= 0.3 is 0 Å². The van der Waals surface area contributed by atoms with Gasteiger partial charge in [0.1, 0.15) is 5.75 Å². The summed E-state index contributed by atoms with van der Waals surface area (Å²) in [5.41, 5.74) is 6.10. The van der Waals surface area contributed by atoms with Crippen LogP contribution in [0.15, 0.2) is 18.2 Å². The quantitative estimate of drug-likeness (QED) is 0.878. The standard InChI is InChI=1S/C15H23ClN2O2/c1-5-8-15(2,17)14(19)18(3)10-11-9-12(16)6-7-13(11)20-4/h6-7,9H,5,8,10,17H2,1-4H3. The molecule has 4 nitrogen and oxygen atoms in total. The number of halogens is 1. The van der Waals surface area contributed by atoms with Crippen LogP contribution >= 0.6 is 11.6 Å². The molecule has 0 saturated heterocycles. The van der Waals surface area contributed by atoms with Gasteiger partial charge in [-0.2, -0.15) is 0 Å². The molecular weight excluding hydrogens is 276 g/mol. The van der Waals surface area contributed by atoms with Crippen LogP contribution in [0, 0.1) is 0 Å². The molecule has 0 saturated carbocycles. The Hall–Kier alpha value is -1.26. The molecule has 2 N–H and O–H groups in total. The Balaban J connectivity index is 2.88. The highest BCUT2D eigenvalue weighted by atomic mass is 35.5. The van der Waals surface area contributed by atoms with Gasteiger partial charge in [-0.15, -0.1) is 0 Å². The Labute approximate surface area is 125 Å². The maximum Gasteiger partial charge on any atom is 0.242 e. The molecule has 1 aromatic carbocycles. The molecule has 0 fully saturated rings. The number of carbonyl (C=O) groups is 1. The molecule has 0 aliphatic carbocycles. The predicted octanol–water partition coefficient (Wildman–Crippen LogP) is 2.82. The Morgan fingerprint density at radius 2 is 2.15 bits per heavy atom. The van der Waals surface area contributed by atoms with Crippen LogP contribution in [0.25, 0.3) is 0 Å². The first kappa shape index (κ1) is 16.8. The van der Waals surface area contributed by atoms with Crippen LogP contribution in [0.1, 0.15) is 32.3 Å². The Bertz CT molecular complexity index is 475. The summed E-state index contributed by atoms with van der Waals surface area (Å²) in [5.74, 6) is 0.629. The number of nitrogens with two attached hydrogens (primary N) is 1. The highest BCUT2D eigenvalue weighted by Crippen LogP contribution is 2.24. The van der Waals surface area contributed by atoms with E-state index in [2.05, 4.69) is 0 Å². The lowest BCUT2D eigenvalue weighted by atomic mass is 9.95. The molecule has 0 aliphatic rings. The monoisotopic (exact) mass is 298 g/mol. The zero-order chi connectivity index (χ0) is 15.3. The van der Waals surface area contributed by atoms with Crippen molar-refractivity contribution < 1.29 is 9.53 Å². The molecule has 1 aromatic rings. The molecule has 112 valence electrons. The van der Waals surface area contributed by atoms with E-state index in [4.69, 9.17) is 22.1 Å². The third kappa shape index (κ3) is 4.12. The molecule has 0 bridgehead atoms. The van der Waals surface area contributed by atoms with Crippen LogP contribution in [0.2, 0.25) is 5.02 Å². The van der Waals surface area contributed by atoms with Crippen molar-refractivity contribution >= 4 is 17.5 Å². The number of rotatable bonds is 6. The van der Waals surface area contributed by atoms with Gasteiger partial charge in [-0.3, -0.25) is 4.79 Å². The van der Waals surface area contributed by atoms with Gasteiger partial charge in [0.25, 0.3) is 0 Å². The SMILES string of the molecule is CCCC(C)(N)C(=O)N(C)Cc1cc(Cl)ccc1OC. The molecule has 1 atom stereocenters. The van der Waals surface area contributed by atoms with Gasteiger partial charge in [0.2, 0.25) is 5.91 Å². The van der Waals surface area contributed by atoms with Crippen molar-refractivity contribution in [1.29, 1.82) is 0 Å².